The standard InChI is InChI=1S/C18H18F2N2O4/c1-22(2)17(24)12-5-4-6-13(9-12)21-16(23)11-7-8-14(26-18(19)20)15(10-11)25-3/h4-10,18H,1-3H3,(H,21,23). The summed E-state index contributed by atoms with van der Waals surface area (Å²) in [7, 11) is 4.54. The second-order valence-corrected chi connectivity index (χ2v) is 5.48. The predicted octanol–water partition coefficient (Wildman–Crippen LogP) is 3.25. The lowest BCUT2D eigenvalue weighted by atomic mass is 10.1. The fourth-order valence-corrected chi connectivity index (χ4v) is 2.19. The highest BCUT2D eigenvalue weighted by Crippen LogP contribution is 2.29. The molecular weight excluding hydrogens is 346 g/mol. The molecule has 0 spiro atoms. The summed E-state index contributed by atoms with van der Waals surface area (Å²) in [6.45, 7) is -3.00. The lowest BCUT2D eigenvalue weighted by Gasteiger charge is -2.13. The van der Waals surface area contributed by atoms with Gasteiger partial charge in [0.05, 0.1) is 7.11 Å². The Morgan fingerprint density at radius 3 is 2.38 bits per heavy atom. The van der Waals surface area contributed by atoms with Gasteiger partial charge in [0, 0.05) is 30.9 Å². The number of amides is 2. The maximum Gasteiger partial charge on any atom is 0.387 e. The molecule has 0 atom stereocenters. The fraction of sp³-hybridized carbons (Fsp3) is 0.222. The fourth-order valence-electron chi connectivity index (χ4n) is 2.19. The third-order valence-electron chi connectivity index (χ3n) is 3.42. The van der Waals surface area contributed by atoms with Gasteiger partial charge < -0.3 is 19.7 Å². The number of nitrogens with one attached hydrogen (secondary N) is 1. The van der Waals surface area contributed by atoms with Gasteiger partial charge in [0.1, 0.15) is 0 Å². The highest BCUT2D eigenvalue weighted by Gasteiger charge is 2.15. The van der Waals surface area contributed by atoms with Crippen LogP contribution in [-0.2, 0) is 0 Å². The minimum atomic E-state index is -3.00. The molecule has 0 aliphatic rings. The Morgan fingerprint density at radius 1 is 1.04 bits per heavy atom. The molecule has 2 aromatic rings. The summed E-state index contributed by atoms with van der Waals surface area (Å²) in [5, 5.41) is 2.65. The first kappa shape index (κ1) is 19.2. The molecule has 0 heterocycles. The number of carbonyl (C=O) groups is 2. The topological polar surface area (TPSA) is 67.9 Å². The van der Waals surface area contributed by atoms with Crippen LogP contribution in [0.4, 0.5) is 14.5 Å². The van der Waals surface area contributed by atoms with Gasteiger partial charge >= 0.3 is 6.61 Å². The maximum atomic E-state index is 12.4. The first-order valence-electron chi connectivity index (χ1n) is 7.57. The van der Waals surface area contributed by atoms with Crippen LogP contribution in [-0.4, -0.2) is 44.5 Å². The second-order valence-electron chi connectivity index (χ2n) is 5.48. The van der Waals surface area contributed by atoms with E-state index in [-0.39, 0.29) is 23.0 Å². The van der Waals surface area contributed by atoms with E-state index >= 15 is 0 Å². The summed E-state index contributed by atoms with van der Waals surface area (Å²) >= 11 is 0. The van der Waals surface area contributed by atoms with E-state index in [1.165, 1.54) is 30.2 Å². The molecule has 0 unspecified atom stereocenters. The molecule has 0 saturated carbocycles. The van der Waals surface area contributed by atoms with E-state index in [0.29, 0.717) is 11.3 Å². The molecule has 0 aliphatic carbocycles. The molecule has 0 saturated heterocycles. The number of rotatable bonds is 6. The van der Waals surface area contributed by atoms with Crippen molar-refractivity contribution in [2.24, 2.45) is 0 Å². The number of anilines is 1. The van der Waals surface area contributed by atoms with Crippen molar-refractivity contribution >= 4 is 17.5 Å². The maximum absolute atomic E-state index is 12.4. The van der Waals surface area contributed by atoms with E-state index in [4.69, 9.17) is 4.74 Å². The van der Waals surface area contributed by atoms with Gasteiger partial charge in [-0.05, 0) is 36.4 Å². The minimum absolute atomic E-state index is 0.00878. The van der Waals surface area contributed by atoms with Gasteiger partial charge in [0.2, 0.25) is 0 Å². The first-order valence-corrected chi connectivity index (χ1v) is 7.57. The monoisotopic (exact) mass is 364 g/mol. The van der Waals surface area contributed by atoms with Crippen LogP contribution in [0.15, 0.2) is 42.5 Å². The molecule has 0 radical (unpaired) electrons. The van der Waals surface area contributed by atoms with E-state index in [2.05, 4.69) is 10.1 Å². The Bertz CT molecular complexity index is 810. The Morgan fingerprint density at radius 2 is 1.77 bits per heavy atom. The van der Waals surface area contributed by atoms with Gasteiger partial charge in [-0.2, -0.15) is 8.78 Å². The van der Waals surface area contributed by atoms with E-state index in [1.54, 1.807) is 38.4 Å². The lowest BCUT2D eigenvalue weighted by molar-refractivity contribution is -0.0512. The second kappa shape index (κ2) is 8.28. The van der Waals surface area contributed by atoms with Crippen molar-refractivity contribution < 1.29 is 27.8 Å². The summed E-state index contributed by atoms with van der Waals surface area (Å²) in [6, 6.07) is 10.3. The van der Waals surface area contributed by atoms with Gasteiger partial charge in [0.25, 0.3) is 11.8 Å². The van der Waals surface area contributed by atoms with Crippen LogP contribution in [0.1, 0.15) is 20.7 Å². The molecule has 26 heavy (non-hydrogen) atoms. The SMILES string of the molecule is COc1cc(C(=O)Nc2cccc(C(=O)N(C)C)c2)ccc1OC(F)F. The van der Waals surface area contributed by atoms with Crippen molar-refractivity contribution in [1.29, 1.82) is 0 Å². The van der Waals surface area contributed by atoms with Gasteiger partial charge in [-0.1, -0.05) is 6.07 Å². The zero-order valence-corrected chi connectivity index (χ0v) is 14.5. The van der Waals surface area contributed by atoms with E-state index in [9.17, 15) is 18.4 Å². The van der Waals surface area contributed by atoms with Crippen LogP contribution in [0.5, 0.6) is 11.5 Å². The van der Waals surface area contributed by atoms with Crippen LogP contribution in [0.3, 0.4) is 0 Å². The van der Waals surface area contributed by atoms with Crippen LogP contribution in [0.25, 0.3) is 0 Å². The quantitative estimate of drug-likeness (QED) is 0.854. The molecule has 1 N–H and O–H groups in total. The number of benzene rings is 2. The summed E-state index contributed by atoms with van der Waals surface area (Å²) in [4.78, 5) is 25.8. The summed E-state index contributed by atoms with van der Waals surface area (Å²) in [5.41, 5.74) is 1.04. The van der Waals surface area contributed by atoms with Crippen LogP contribution >= 0.6 is 0 Å². The molecular formula is C18H18F2N2O4. The van der Waals surface area contributed by atoms with Crippen LogP contribution < -0.4 is 14.8 Å². The number of ether oxygens (including phenoxy) is 2. The molecule has 0 aromatic heterocycles. The Balaban J connectivity index is 2.20. The number of hydrogen-bond donors (Lipinski definition) is 1. The van der Waals surface area contributed by atoms with Crippen molar-refractivity contribution in [3.05, 3.63) is 53.6 Å². The third-order valence-corrected chi connectivity index (χ3v) is 3.42. The smallest absolute Gasteiger partial charge is 0.387 e. The predicted molar refractivity (Wildman–Crippen MR) is 92.0 cm³/mol. The van der Waals surface area contributed by atoms with Crippen molar-refractivity contribution in [2.45, 2.75) is 6.61 Å². The number of halogens is 2. The van der Waals surface area contributed by atoms with Gasteiger partial charge in [-0.3, -0.25) is 9.59 Å². The number of carbonyl (C=O) groups excluding carboxylic acids is 2. The van der Waals surface area contributed by atoms with Crippen LogP contribution in [0.2, 0.25) is 0 Å². The van der Waals surface area contributed by atoms with Crippen LogP contribution in [0, 0.1) is 0 Å². The molecule has 138 valence electrons. The highest BCUT2D eigenvalue weighted by molar-refractivity contribution is 6.05. The third kappa shape index (κ3) is 4.69. The Kier molecular flexibility index (Phi) is 6.11. The highest BCUT2D eigenvalue weighted by atomic mass is 19.3. The van der Waals surface area contributed by atoms with Gasteiger partial charge in [-0.25, -0.2) is 0 Å². The minimum Gasteiger partial charge on any atom is -0.493 e. The van der Waals surface area contributed by atoms with Crippen molar-refractivity contribution in [1.82, 2.24) is 4.90 Å². The lowest BCUT2D eigenvalue weighted by Crippen LogP contribution is -2.22. The first-order chi connectivity index (χ1) is 12.3. The summed E-state index contributed by atoms with van der Waals surface area (Å²) < 4.78 is 34.0. The van der Waals surface area contributed by atoms with E-state index in [1.807, 2.05) is 0 Å². The zero-order valence-electron chi connectivity index (χ0n) is 14.5. The molecule has 0 fully saturated rings. The normalized spacial score (nSPS) is 10.4. The van der Waals surface area contributed by atoms with Crippen molar-refractivity contribution in [3.8, 4) is 11.5 Å². The van der Waals surface area contributed by atoms with Gasteiger partial charge in [-0.15, -0.1) is 0 Å². The molecule has 0 bridgehead atoms. The number of hydrogen-bond acceptors (Lipinski definition) is 4. The summed E-state index contributed by atoms with van der Waals surface area (Å²) in [5.74, 6) is -0.843. The number of methoxy groups -OCH3 is 1. The average molecular weight is 364 g/mol. The molecule has 2 aromatic carbocycles. The van der Waals surface area contributed by atoms with Crippen molar-refractivity contribution in [2.75, 3.05) is 26.5 Å². The van der Waals surface area contributed by atoms with E-state index < -0.39 is 12.5 Å². The zero-order chi connectivity index (χ0) is 19.3. The van der Waals surface area contributed by atoms with Crippen molar-refractivity contribution in [3.63, 3.8) is 0 Å². The number of nitrogens with zero attached hydrogens (tertiary/aromatic N) is 1. The molecule has 2 rings (SSSR count). The molecule has 2 amide bonds. The Labute approximate surface area is 149 Å². The largest absolute Gasteiger partial charge is 0.493 e. The molecule has 6 nitrogen and oxygen atoms in total. The molecule has 0 aliphatic heterocycles. The Hall–Kier alpha value is -3.16. The summed E-state index contributed by atoms with van der Waals surface area (Å²) in [6.07, 6.45) is 0. The van der Waals surface area contributed by atoms with Gasteiger partial charge in [0.15, 0.2) is 11.5 Å². The van der Waals surface area contributed by atoms with E-state index in [0.717, 1.165) is 0 Å². The number of alkyl halides is 2. The average Bonchev–Trinajstić information content (AvgIpc) is 2.61. The molecule has 8 heteroatoms.